The normalized spacial score (nSPS) is 12.4. The molecule has 2 rings (SSSR count). The summed E-state index contributed by atoms with van der Waals surface area (Å²) in [6.07, 6.45) is 4.02. The predicted octanol–water partition coefficient (Wildman–Crippen LogP) is 3.23. The van der Waals surface area contributed by atoms with Crippen LogP contribution >= 0.6 is 15.9 Å². The molecule has 0 saturated heterocycles. The number of pyridine rings is 1. The van der Waals surface area contributed by atoms with Gasteiger partial charge in [0.25, 0.3) is 0 Å². The van der Waals surface area contributed by atoms with E-state index in [1.54, 1.807) is 30.6 Å². The maximum absolute atomic E-state index is 13.8. The Labute approximate surface area is 108 Å². The molecule has 0 fully saturated rings. The molecular formula is C13H12BrFN2. The van der Waals surface area contributed by atoms with Crippen molar-refractivity contribution in [3.63, 3.8) is 0 Å². The van der Waals surface area contributed by atoms with E-state index in [0.29, 0.717) is 16.5 Å². The highest BCUT2D eigenvalue weighted by Crippen LogP contribution is 2.24. The van der Waals surface area contributed by atoms with Gasteiger partial charge < -0.3 is 5.73 Å². The number of nitrogens with zero attached hydrogens (tertiary/aromatic N) is 1. The highest BCUT2D eigenvalue weighted by Gasteiger charge is 2.13. The molecule has 0 spiro atoms. The summed E-state index contributed by atoms with van der Waals surface area (Å²) in [6, 6.07) is 8.57. The molecular weight excluding hydrogens is 283 g/mol. The van der Waals surface area contributed by atoms with Gasteiger partial charge in [0, 0.05) is 24.0 Å². The molecule has 4 heteroatoms. The maximum atomic E-state index is 13.8. The van der Waals surface area contributed by atoms with Crippen molar-refractivity contribution in [2.75, 3.05) is 0 Å². The molecule has 2 aromatic rings. The monoisotopic (exact) mass is 294 g/mol. The van der Waals surface area contributed by atoms with Crippen molar-refractivity contribution in [1.82, 2.24) is 4.98 Å². The van der Waals surface area contributed by atoms with Gasteiger partial charge in [0.1, 0.15) is 5.82 Å². The lowest BCUT2D eigenvalue weighted by Gasteiger charge is -2.13. The van der Waals surface area contributed by atoms with Crippen LogP contribution in [0.25, 0.3) is 0 Å². The number of nitrogens with two attached hydrogens (primary N) is 1. The molecule has 88 valence electrons. The minimum atomic E-state index is -0.364. The third-order valence-corrected chi connectivity index (χ3v) is 3.17. The Balaban J connectivity index is 2.20. The van der Waals surface area contributed by atoms with Crippen LogP contribution in [0.15, 0.2) is 47.2 Å². The Hall–Kier alpha value is -1.26. The summed E-state index contributed by atoms with van der Waals surface area (Å²) in [7, 11) is 0. The Bertz CT molecular complexity index is 502. The summed E-state index contributed by atoms with van der Waals surface area (Å²) in [5.41, 5.74) is 7.52. The van der Waals surface area contributed by atoms with Crippen molar-refractivity contribution < 1.29 is 4.39 Å². The standard InChI is InChI=1S/C13H12BrFN2/c14-11-5-1-4-10(13(11)15)12(16)7-9-3-2-6-17-8-9/h1-6,8,12H,7,16H2. The van der Waals surface area contributed by atoms with E-state index in [9.17, 15) is 4.39 Å². The summed E-state index contributed by atoms with van der Waals surface area (Å²) in [5, 5.41) is 0. The molecule has 0 radical (unpaired) electrons. The first-order chi connectivity index (χ1) is 8.18. The average Bonchev–Trinajstić information content (AvgIpc) is 2.34. The fraction of sp³-hybridized carbons (Fsp3) is 0.154. The third kappa shape index (κ3) is 2.90. The van der Waals surface area contributed by atoms with E-state index in [1.165, 1.54) is 0 Å². The molecule has 17 heavy (non-hydrogen) atoms. The van der Waals surface area contributed by atoms with E-state index in [-0.39, 0.29) is 11.9 Å². The van der Waals surface area contributed by atoms with E-state index >= 15 is 0 Å². The van der Waals surface area contributed by atoms with Gasteiger partial charge in [-0.05, 0) is 40.0 Å². The second-order valence-corrected chi connectivity index (χ2v) is 4.67. The van der Waals surface area contributed by atoms with E-state index in [2.05, 4.69) is 20.9 Å². The van der Waals surface area contributed by atoms with Gasteiger partial charge >= 0.3 is 0 Å². The van der Waals surface area contributed by atoms with E-state index in [1.807, 2.05) is 12.1 Å². The molecule has 0 bridgehead atoms. The Morgan fingerprint density at radius 2 is 2.12 bits per heavy atom. The van der Waals surface area contributed by atoms with Gasteiger partial charge in [-0.25, -0.2) is 4.39 Å². The Kier molecular flexibility index (Phi) is 3.86. The lowest BCUT2D eigenvalue weighted by atomic mass is 10.0. The highest BCUT2D eigenvalue weighted by molar-refractivity contribution is 9.10. The third-order valence-electron chi connectivity index (χ3n) is 2.56. The van der Waals surface area contributed by atoms with Crippen LogP contribution in [0.1, 0.15) is 17.2 Å². The summed E-state index contributed by atoms with van der Waals surface area (Å²) >= 11 is 3.16. The first-order valence-electron chi connectivity index (χ1n) is 5.27. The van der Waals surface area contributed by atoms with Gasteiger partial charge in [-0.1, -0.05) is 18.2 Å². The van der Waals surface area contributed by atoms with Crippen molar-refractivity contribution >= 4 is 15.9 Å². The van der Waals surface area contributed by atoms with Crippen LogP contribution < -0.4 is 5.73 Å². The van der Waals surface area contributed by atoms with Crippen molar-refractivity contribution in [1.29, 1.82) is 0 Å². The van der Waals surface area contributed by atoms with Crippen LogP contribution in [-0.4, -0.2) is 4.98 Å². The lowest BCUT2D eigenvalue weighted by Crippen LogP contribution is -2.15. The molecule has 0 aliphatic heterocycles. The Morgan fingerprint density at radius 3 is 2.82 bits per heavy atom. The Morgan fingerprint density at radius 1 is 1.29 bits per heavy atom. The number of benzene rings is 1. The first-order valence-corrected chi connectivity index (χ1v) is 6.06. The molecule has 2 nitrogen and oxygen atoms in total. The predicted molar refractivity (Wildman–Crippen MR) is 69.0 cm³/mol. The zero-order chi connectivity index (χ0) is 12.3. The molecule has 1 unspecified atom stereocenters. The zero-order valence-corrected chi connectivity index (χ0v) is 10.7. The number of hydrogen-bond donors (Lipinski definition) is 1. The maximum Gasteiger partial charge on any atom is 0.142 e. The van der Waals surface area contributed by atoms with Crippen LogP contribution in [-0.2, 0) is 6.42 Å². The largest absolute Gasteiger partial charge is 0.324 e. The van der Waals surface area contributed by atoms with Crippen molar-refractivity contribution in [3.8, 4) is 0 Å². The minimum absolute atomic E-state index is 0.288. The highest BCUT2D eigenvalue weighted by atomic mass is 79.9. The molecule has 1 aromatic carbocycles. The lowest BCUT2D eigenvalue weighted by molar-refractivity contribution is 0.574. The average molecular weight is 295 g/mol. The molecule has 2 N–H and O–H groups in total. The second kappa shape index (κ2) is 5.38. The van der Waals surface area contributed by atoms with Gasteiger partial charge in [-0.3, -0.25) is 4.98 Å². The molecule has 1 atom stereocenters. The summed E-state index contributed by atoms with van der Waals surface area (Å²) in [5.74, 6) is -0.288. The smallest absolute Gasteiger partial charge is 0.142 e. The van der Waals surface area contributed by atoms with Crippen molar-refractivity contribution in [3.05, 3.63) is 64.1 Å². The van der Waals surface area contributed by atoms with Gasteiger partial charge in [0.2, 0.25) is 0 Å². The van der Waals surface area contributed by atoms with Gasteiger partial charge in [-0.2, -0.15) is 0 Å². The van der Waals surface area contributed by atoms with Crippen LogP contribution in [0.4, 0.5) is 4.39 Å². The molecule has 1 aromatic heterocycles. The van der Waals surface area contributed by atoms with Crippen LogP contribution in [0.2, 0.25) is 0 Å². The molecule has 0 aliphatic rings. The summed E-state index contributed by atoms with van der Waals surface area (Å²) in [6.45, 7) is 0. The van der Waals surface area contributed by atoms with E-state index in [4.69, 9.17) is 5.73 Å². The molecule has 0 saturated carbocycles. The number of rotatable bonds is 3. The van der Waals surface area contributed by atoms with Crippen LogP contribution in [0.5, 0.6) is 0 Å². The van der Waals surface area contributed by atoms with Gasteiger partial charge in [0.15, 0.2) is 0 Å². The van der Waals surface area contributed by atoms with Crippen molar-refractivity contribution in [2.24, 2.45) is 5.73 Å². The van der Waals surface area contributed by atoms with Gasteiger partial charge in [-0.15, -0.1) is 0 Å². The van der Waals surface area contributed by atoms with Crippen LogP contribution in [0.3, 0.4) is 0 Å². The quantitative estimate of drug-likeness (QED) is 0.944. The van der Waals surface area contributed by atoms with Crippen molar-refractivity contribution in [2.45, 2.75) is 12.5 Å². The summed E-state index contributed by atoms with van der Waals surface area (Å²) < 4.78 is 14.3. The number of aromatic nitrogens is 1. The fourth-order valence-corrected chi connectivity index (χ4v) is 2.07. The number of hydrogen-bond acceptors (Lipinski definition) is 2. The topological polar surface area (TPSA) is 38.9 Å². The molecule has 1 heterocycles. The fourth-order valence-electron chi connectivity index (χ4n) is 1.69. The molecule has 0 aliphatic carbocycles. The second-order valence-electron chi connectivity index (χ2n) is 3.81. The van der Waals surface area contributed by atoms with Gasteiger partial charge in [0.05, 0.1) is 4.47 Å². The van der Waals surface area contributed by atoms with E-state index in [0.717, 1.165) is 5.56 Å². The zero-order valence-electron chi connectivity index (χ0n) is 9.11. The number of halogens is 2. The summed E-state index contributed by atoms with van der Waals surface area (Å²) in [4.78, 5) is 4.01. The SMILES string of the molecule is NC(Cc1cccnc1)c1cccc(Br)c1F. The molecule has 0 amide bonds. The van der Waals surface area contributed by atoms with E-state index < -0.39 is 0 Å². The van der Waals surface area contributed by atoms with Crippen LogP contribution in [0, 0.1) is 5.82 Å². The first kappa shape index (κ1) is 12.2. The minimum Gasteiger partial charge on any atom is -0.324 e.